The van der Waals surface area contributed by atoms with Crippen molar-refractivity contribution in [3.8, 4) is 6.07 Å². The van der Waals surface area contributed by atoms with Gasteiger partial charge in [0.1, 0.15) is 11.9 Å². The molecule has 2 rings (SSSR count). The largest absolute Gasteiger partial charge is 0.384 e. The molecular weight excluding hydrogens is 210 g/mol. The van der Waals surface area contributed by atoms with Gasteiger partial charge in [-0.25, -0.2) is 0 Å². The number of allylic oxidation sites excluding steroid dienone is 2. The van der Waals surface area contributed by atoms with Crippen molar-refractivity contribution in [1.29, 1.82) is 5.26 Å². The van der Waals surface area contributed by atoms with Gasteiger partial charge in [0, 0.05) is 13.6 Å². The Bertz CT molecular complexity index is 412. The Kier molecular flexibility index (Phi) is 3.42. The Morgan fingerprint density at radius 3 is 3.00 bits per heavy atom. The Morgan fingerprint density at radius 1 is 1.59 bits per heavy atom. The van der Waals surface area contributed by atoms with E-state index in [-0.39, 0.29) is 0 Å². The number of nitrogens with zero attached hydrogens (tertiary/aromatic N) is 2. The maximum Gasteiger partial charge on any atom is 0.117 e. The molecule has 2 N–H and O–H groups in total. The molecule has 17 heavy (non-hydrogen) atoms. The molecule has 0 aromatic rings. The van der Waals surface area contributed by atoms with Crippen LogP contribution in [0.15, 0.2) is 22.5 Å². The van der Waals surface area contributed by atoms with Crippen LogP contribution in [0.3, 0.4) is 0 Å². The van der Waals surface area contributed by atoms with Crippen LogP contribution >= 0.6 is 0 Å². The quantitative estimate of drug-likeness (QED) is 0.703. The van der Waals surface area contributed by atoms with E-state index in [1.54, 1.807) is 0 Å². The van der Waals surface area contributed by atoms with E-state index < -0.39 is 0 Å². The lowest BCUT2D eigenvalue weighted by molar-refractivity contribution is 0.411. The molecule has 1 aliphatic carbocycles. The van der Waals surface area contributed by atoms with Gasteiger partial charge in [0.15, 0.2) is 0 Å². The van der Waals surface area contributed by atoms with Gasteiger partial charge in [-0.05, 0) is 30.4 Å². The minimum atomic E-state index is 0.638. The van der Waals surface area contributed by atoms with E-state index in [0.717, 1.165) is 32.2 Å². The van der Waals surface area contributed by atoms with Crippen molar-refractivity contribution in [2.45, 2.75) is 32.1 Å². The molecule has 0 aromatic heterocycles. The molecule has 1 aliphatic heterocycles. The minimum absolute atomic E-state index is 0.638. The van der Waals surface area contributed by atoms with Crippen molar-refractivity contribution in [1.82, 2.24) is 4.90 Å². The maximum absolute atomic E-state index is 9.27. The molecule has 0 bridgehead atoms. The summed E-state index contributed by atoms with van der Waals surface area (Å²) >= 11 is 0. The molecule has 0 radical (unpaired) electrons. The van der Waals surface area contributed by atoms with E-state index in [1.165, 1.54) is 17.6 Å². The van der Waals surface area contributed by atoms with Gasteiger partial charge in [-0.1, -0.05) is 12.3 Å². The maximum atomic E-state index is 9.27. The summed E-state index contributed by atoms with van der Waals surface area (Å²) in [6.45, 7) is 4.90. The molecule has 2 aliphatic rings. The fourth-order valence-corrected chi connectivity index (χ4v) is 2.87. The first-order chi connectivity index (χ1) is 8.17. The van der Waals surface area contributed by atoms with Gasteiger partial charge in [-0.2, -0.15) is 11.7 Å². The standard InChI is InChI=1S/C14H20N3/c1-3-10-5-4-6-12-11(7-10)9-17(2)14(16)13(12)8-15/h10H,1,3-7,9,16H2,2H3/q-1. The van der Waals surface area contributed by atoms with Crippen LogP contribution in [0.1, 0.15) is 32.1 Å². The Balaban J connectivity index is 2.37. The highest BCUT2D eigenvalue weighted by Gasteiger charge is 2.26. The van der Waals surface area contributed by atoms with E-state index in [4.69, 9.17) is 5.73 Å². The second-order valence-electron chi connectivity index (χ2n) is 5.06. The predicted octanol–water partition coefficient (Wildman–Crippen LogP) is 2.34. The fraction of sp³-hybridized carbons (Fsp3) is 0.571. The van der Waals surface area contributed by atoms with Gasteiger partial charge in [0.05, 0.1) is 5.57 Å². The summed E-state index contributed by atoms with van der Waals surface area (Å²) in [7, 11) is 1.96. The van der Waals surface area contributed by atoms with Crippen molar-refractivity contribution in [2.24, 2.45) is 11.7 Å². The molecule has 0 fully saturated rings. The lowest BCUT2D eigenvalue weighted by atomic mass is 9.90. The van der Waals surface area contributed by atoms with Crippen LogP contribution in [-0.2, 0) is 0 Å². The van der Waals surface area contributed by atoms with Crippen molar-refractivity contribution < 1.29 is 0 Å². The van der Waals surface area contributed by atoms with Gasteiger partial charge in [0.25, 0.3) is 0 Å². The third-order valence-corrected chi connectivity index (χ3v) is 3.92. The minimum Gasteiger partial charge on any atom is -0.384 e. The molecule has 1 heterocycles. The third kappa shape index (κ3) is 2.17. The first kappa shape index (κ1) is 12.0. The summed E-state index contributed by atoms with van der Waals surface area (Å²) in [5, 5.41) is 9.27. The summed E-state index contributed by atoms with van der Waals surface area (Å²) in [4.78, 5) is 1.99. The van der Waals surface area contributed by atoms with Crippen LogP contribution in [0, 0.1) is 24.2 Å². The summed E-state index contributed by atoms with van der Waals surface area (Å²) in [5.41, 5.74) is 9.33. The molecule has 3 heteroatoms. The van der Waals surface area contributed by atoms with E-state index in [0.29, 0.717) is 17.3 Å². The second kappa shape index (κ2) is 4.83. The molecule has 0 saturated carbocycles. The molecule has 0 amide bonds. The van der Waals surface area contributed by atoms with E-state index in [9.17, 15) is 5.26 Å². The molecule has 1 unspecified atom stereocenters. The van der Waals surface area contributed by atoms with Crippen molar-refractivity contribution >= 4 is 0 Å². The van der Waals surface area contributed by atoms with E-state index >= 15 is 0 Å². The Hall–Kier alpha value is -1.43. The van der Waals surface area contributed by atoms with Crippen LogP contribution in [-0.4, -0.2) is 18.5 Å². The Morgan fingerprint density at radius 2 is 2.35 bits per heavy atom. The average molecular weight is 230 g/mol. The highest BCUT2D eigenvalue weighted by Crippen LogP contribution is 2.36. The number of nitriles is 1. The van der Waals surface area contributed by atoms with Crippen molar-refractivity contribution in [2.75, 3.05) is 13.6 Å². The number of hydrogen-bond donors (Lipinski definition) is 1. The number of hydrogen-bond acceptors (Lipinski definition) is 3. The number of likely N-dealkylation sites (N-methyl/N-ethyl adjacent to an activating group) is 1. The summed E-state index contributed by atoms with van der Waals surface area (Å²) < 4.78 is 0. The zero-order valence-electron chi connectivity index (χ0n) is 10.5. The summed E-state index contributed by atoms with van der Waals surface area (Å²) in [5.74, 6) is 1.31. The topological polar surface area (TPSA) is 53.0 Å². The van der Waals surface area contributed by atoms with Crippen molar-refractivity contribution in [3.05, 3.63) is 29.5 Å². The fourth-order valence-electron chi connectivity index (χ4n) is 2.87. The van der Waals surface area contributed by atoms with Gasteiger partial charge < -0.3 is 17.6 Å². The average Bonchev–Trinajstić information content (AvgIpc) is 2.52. The van der Waals surface area contributed by atoms with Gasteiger partial charge in [-0.3, -0.25) is 0 Å². The molecule has 1 atom stereocenters. The molecular formula is C14H20N3-. The zero-order chi connectivity index (χ0) is 12.4. The highest BCUT2D eigenvalue weighted by molar-refractivity contribution is 5.50. The van der Waals surface area contributed by atoms with E-state index in [2.05, 4.69) is 13.0 Å². The molecule has 0 spiro atoms. The van der Waals surface area contributed by atoms with Gasteiger partial charge in [0.2, 0.25) is 0 Å². The summed E-state index contributed by atoms with van der Waals surface area (Å²) in [6.07, 6.45) is 5.45. The third-order valence-electron chi connectivity index (χ3n) is 3.92. The van der Waals surface area contributed by atoms with Crippen LogP contribution in [0.4, 0.5) is 0 Å². The second-order valence-corrected chi connectivity index (χ2v) is 5.06. The number of rotatable bonds is 1. The number of nitrogens with two attached hydrogens (primary N) is 1. The Labute approximate surface area is 104 Å². The first-order valence-corrected chi connectivity index (χ1v) is 6.28. The molecule has 0 saturated heterocycles. The normalized spacial score (nSPS) is 25.5. The molecule has 0 aromatic carbocycles. The van der Waals surface area contributed by atoms with Gasteiger partial charge >= 0.3 is 0 Å². The first-order valence-electron chi connectivity index (χ1n) is 6.28. The summed E-state index contributed by atoms with van der Waals surface area (Å²) in [6, 6.07) is 2.28. The predicted molar refractivity (Wildman–Crippen MR) is 68.4 cm³/mol. The van der Waals surface area contributed by atoms with E-state index in [1.807, 2.05) is 11.9 Å². The smallest absolute Gasteiger partial charge is 0.117 e. The van der Waals surface area contributed by atoms with Gasteiger partial charge in [-0.15, -0.1) is 0 Å². The lowest BCUT2D eigenvalue weighted by Crippen LogP contribution is -2.31. The van der Waals surface area contributed by atoms with Crippen molar-refractivity contribution in [3.63, 3.8) is 0 Å². The van der Waals surface area contributed by atoms with Crippen LogP contribution in [0.5, 0.6) is 0 Å². The van der Waals surface area contributed by atoms with Crippen LogP contribution in [0.25, 0.3) is 0 Å². The molecule has 3 nitrogen and oxygen atoms in total. The van der Waals surface area contributed by atoms with Crippen LogP contribution in [0.2, 0.25) is 0 Å². The SMILES string of the molecule is [CH2-]CC1CCCC2=C(C1)CN(C)C(N)=C2C#N. The molecule has 92 valence electrons. The zero-order valence-corrected chi connectivity index (χ0v) is 10.5. The lowest BCUT2D eigenvalue weighted by Gasteiger charge is -2.30. The highest BCUT2D eigenvalue weighted by atomic mass is 15.2. The van der Waals surface area contributed by atoms with Crippen LogP contribution < -0.4 is 5.73 Å². The monoisotopic (exact) mass is 230 g/mol.